The highest BCUT2D eigenvalue weighted by atomic mass is 32.2. The maximum atomic E-state index is 13.3. The fraction of sp³-hybridized carbons (Fsp3) is 0.222. The molecule has 0 aliphatic rings. The van der Waals surface area contributed by atoms with Crippen molar-refractivity contribution >= 4 is 23.5 Å². The van der Waals surface area contributed by atoms with E-state index in [1.807, 2.05) is 0 Å². The number of carbonyl (C=O) groups is 1. The average molecular weight is 429 g/mol. The van der Waals surface area contributed by atoms with E-state index < -0.39 is 0 Å². The normalized spacial score (nSPS) is 11.0. The second-order valence-electron chi connectivity index (χ2n) is 6.24. The summed E-state index contributed by atoms with van der Waals surface area (Å²) in [6, 6.07) is 7.71. The van der Waals surface area contributed by atoms with Crippen molar-refractivity contribution < 1.29 is 18.2 Å². The maximum Gasteiger partial charge on any atom is 0.227 e. The number of amides is 1. The summed E-state index contributed by atoms with van der Waals surface area (Å²) >= 11 is 1.30. The lowest BCUT2D eigenvalue weighted by atomic mass is 10.2. The van der Waals surface area contributed by atoms with Gasteiger partial charge in [0, 0.05) is 24.5 Å². The van der Waals surface area contributed by atoms with Crippen LogP contribution in [0, 0.1) is 12.7 Å². The summed E-state index contributed by atoms with van der Waals surface area (Å²) in [4.78, 5) is 20.5. The largest absolute Gasteiger partial charge is 0.360 e. The number of halogens is 1. The van der Waals surface area contributed by atoms with Crippen LogP contribution >= 0.6 is 11.8 Å². The first-order chi connectivity index (χ1) is 14.5. The summed E-state index contributed by atoms with van der Waals surface area (Å²) < 4.78 is 23.4. The van der Waals surface area contributed by atoms with Crippen molar-refractivity contribution in [1.29, 1.82) is 0 Å². The van der Waals surface area contributed by atoms with Crippen LogP contribution in [0.25, 0.3) is 11.4 Å². The van der Waals surface area contributed by atoms with Gasteiger partial charge in [-0.15, -0.1) is 5.10 Å². The van der Waals surface area contributed by atoms with E-state index >= 15 is 0 Å². The lowest BCUT2D eigenvalue weighted by Gasteiger charge is -1.98. The van der Waals surface area contributed by atoms with Crippen molar-refractivity contribution in [3.05, 3.63) is 53.6 Å². The van der Waals surface area contributed by atoms with Crippen molar-refractivity contribution in [3.63, 3.8) is 0 Å². The van der Waals surface area contributed by atoms with Gasteiger partial charge in [-0.3, -0.25) is 9.89 Å². The van der Waals surface area contributed by atoms with E-state index in [2.05, 4.69) is 35.8 Å². The predicted molar refractivity (Wildman–Crippen MR) is 104 cm³/mol. The summed E-state index contributed by atoms with van der Waals surface area (Å²) in [7, 11) is 0. The van der Waals surface area contributed by atoms with E-state index in [1.165, 1.54) is 23.9 Å². The fourth-order valence-electron chi connectivity index (χ4n) is 2.51. The first-order valence-corrected chi connectivity index (χ1v) is 9.89. The van der Waals surface area contributed by atoms with Crippen LogP contribution in [0.5, 0.6) is 0 Å². The van der Waals surface area contributed by atoms with Gasteiger partial charge in [0.05, 0.1) is 5.75 Å². The zero-order valence-corrected chi connectivity index (χ0v) is 16.6. The number of nitrogens with zero attached hydrogens (tertiary/aromatic N) is 5. The van der Waals surface area contributed by atoms with Gasteiger partial charge in [-0.05, 0) is 19.1 Å². The minimum absolute atomic E-state index is 0.165. The van der Waals surface area contributed by atoms with Crippen LogP contribution in [0.4, 0.5) is 10.2 Å². The van der Waals surface area contributed by atoms with E-state index in [-0.39, 0.29) is 18.1 Å². The Hall–Kier alpha value is -3.54. The molecule has 10 nitrogen and oxygen atoms in total. The molecule has 0 saturated carbocycles. The van der Waals surface area contributed by atoms with E-state index in [0.717, 1.165) is 0 Å². The van der Waals surface area contributed by atoms with E-state index in [4.69, 9.17) is 9.05 Å². The molecule has 0 aliphatic carbocycles. The van der Waals surface area contributed by atoms with Crippen LogP contribution in [0.3, 0.4) is 0 Å². The molecule has 4 aromatic rings. The first kappa shape index (κ1) is 19.8. The molecule has 1 aromatic carbocycles. The van der Waals surface area contributed by atoms with Crippen LogP contribution in [0.15, 0.2) is 44.5 Å². The Labute approximate surface area is 173 Å². The zero-order chi connectivity index (χ0) is 20.9. The molecule has 1 amide bonds. The van der Waals surface area contributed by atoms with Gasteiger partial charge >= 0.3 is 0 Å². The molecule has 0 spiro atoms. The summed E-state index contributed by atoms with van der Waals surface area (Å²) in [5.41, 5.74) is 0.607. The fourth-order valence-corrected chi connectivity index (χ4v) is 3.15. The molecule has 0 atom stereocenters. The maximum absolute atomic E-state index is 13.3. The van der Waals surface area contributed by atoms with Gasteiger partial charge < -0.3 is 14.4 Å². The van der Waals surface area contributed by atoms with E-state index in [0.29, 0.717) is 52.0 Å². The highest BCUT2D eigenvalue weighted by molar-refractivity contribution is 7.98. The summed E-state index contributed by atoms with van der Waals surface area (Å²) in [6.45, 7) is 1.74. The Morgan fingerprint density at radius 3 is 2.93 bits per heavy atom. The highest BCUT2D eigenvalue weighted by Crippen LogP contribution is 2.22. The molecule has 0 unspecified atom stereocenters. The van der Waals surface area contributed by atoms with Gasteiger partial charge in [-0.2, -0.15) is 4.98 Å². The Bertz CT molecular complexity index is 1160. The molecule has 0 aliphatic heterocycles. The van der Waals surface area contributed by atoms with Gasteiger partial charge in [0.1, 0.15) is 11.6 Å². The smallest absolute Gasteiger partial charge is 0.227 e. The number of rotatable bonds is 8. The predicted octanol–water partition coefficient (Wildman–Crippen LogP) is 3.15. The molecule has 2 N–H and O–H groups in total. The number of anilines is 1. The molecular formula is C18H16FN7O3S. The Morgan fingerprint density at radius 2 is 2.13 bits per heavy atom. The van der Waals surface area contributed by atoms with Gasteiger partial charge in [-0.25, -0.2) is 9.37 Å². The molecule has 4 rings (SSSR count). The quantitative estimate of drug-likeness (QED) is 0.405. The minimum Gasteiger partial charge on any atom is -0.360 e. The third-order valence-electron chi connectivity index (χ3n) is 3.86. The molecule has 154 valence electrons. The second-order valence-corrected chi connectivity index (χ2v) is 7.18. The second kappa shape index (κ2) is 8.86. The summed E-state index contributed by atoms with van der Waals surface area (Å²) in [5, 5.41) is 17.6. The van der Waals surface area contributed by atoms with Crippen molar-refractivity contribution in [1.82, 2.24) is 30.5 Å². The van der Waals surface area contributed by atoms with Crippen molar-refractivity contribution in [2.24, 2.45) is 0 Å². The molecule has 30 heavy (non-hydrogen) atoms. The number of aromatic nitrogens is 6. The standard InChI is InChI=1S/C18H16FN7O3S/c1-10-7-13(25-28-10)20-15(27)5-6-16-21-14(26-29-16)9-30-18-22-17(23-24-18)11-3-2-4-12(19)8-11/h2-4,7-8H,5-6,9H2,1H3,(H,20,25,27)(H,22,23,24). The molecule has 3 aromatic heterocycles. The van der Waals surface area contributed by atoms with Gasteiger partial charge in [0.15, 0.2) is 17.5 Å². The van der Waals surface area contributed by atoms with Gasteiger partial charge in [-0.1, -0.05) is 34.2 Å². The molecule has 0 radical (unpaired) electrons. The number of hydrogen-bond acceptors (Lipinski definition) is 9. The van der Waals surface area contributed by atoms with Gasteiger partial charge in [0.2, 0.25) is 17.0 Å². The molecule has 0 bridgehead atoms. The van der Waals surface area contributed by atoms with Crippen molar-refractivity contribution in [2.75, 3.05) is 5.32 Å². The number of aromatic amines is 1. The minimum atomic E-state index is -0.345. The van der Waals surface area contributed by atoms with Crippen LogP contribution in [-0.4, -0.2) is 36.4 Å². The van der Waals surface area contributed by atoms with Gasteiger partial charge in [0.25, 0.3) is 0 Å². The van der Waals surface area contributed by atoms with Crippen LogP contribution < -0.4 is 5.32 Å². The number of carbonyl (C=O) groups excluding carboxylic acids is 1. The van der Waals surface area contributed by atoms with E-state index in [1.54, 1.807) is 25.1 Å². The number of hydrogen-bond donors (Lipinski definition) is 2. The summed E-state index contributed by atoms with van der Waals surface area (Å²) in [5.74, 6) is 2.06. The average Bonchev–Trinajstić information content (AvgIpc) is 3.46. The van der Waals surface area contributed by atoms with Crippen LogP contribution in [0.1, 0.15) is 23.9 Å². The van der Waals surface area contributed by atoms with Crippen molar-refractivity contribution in [2.45, 2.75) is 30.7 Å². The Kier molecular flexibility index (Phi) is 5.84. The molecule has 0 saturated heterocycles. The topological polar surface area (TPSA) is 136 Å². The molecule has 3 heterocycles. The number of benzene rings is 1. The molecule has 12 heteroatoms. The number of H-pyrrole nitrogens is 1. The molecule has 0 fully saturated rings. The highest BCUT2D eigenvalue weighted by Gasteiger charge is 2.13. The number of aryl methyl sites for hydroxylation is 2. The van der Waals surface area contributed by atoms with Crippen molar-refractivity contribution in [3.8, 4) is 11.4 Å². The summed E-state index contributed by atoms with van der Waals surface area (Å²) in [6.07, 6.45) is 0.462. The van der Waals surface area contributed by atoms with E-state index in [9.17, 15) is 9.18 Å². The third-order valence-corrected chi connectivity index (χ3v) is 4.71. The number of thioether (sulfide) groups is 1. The lowest BCUT2D eigenvalue weighted by molar-refractivity contribution is -0.116. The van der Waals surface area contributed by atoms with Crippen LogP contribution in [-0.2, 0) is 17.0 Å². The molecular weight excluding hydrogens is 413 g/mol. The van der Waals surface area contributed by atoms with Crippen LogP contribution in [0.2, 0.25) is 0 Å². The monoisotopic (exact) mass is 429 g/mol. The first-order valence-electron chi connectivity index (χ1n) is 8.91. The SMILES string of the molecule is Cc1cc(NC(=O)CCc2nc(CSc3n[nH]c(-c4cccc(F)c4)n3)no2)no1. The third kappa shape index (κ3) is 5.08. The lowest BCUT2D eigenvalue weighted by Crippen LogP contribution is -2.12. The number of nitrogens with one attached hydrogen (secondary N) is 2. The Balaban J connectivity index is 1.26. The Morgan fingerprint density at radius 1 is 1.23 bits per heavy atom. The zero-order valence-electron chi connectivity index (χ0n) is 15.8.